The predicted molar refractivity (Wildman–Crippen MR) is 46.0 cm³/mol. The molecular formula is C8H14N2O2. The Bertz CT molecular complexity index is 201. The largest absolute Gasteiger partial charge is 0.452 e. The van der Waals surface area contributed by atoms with E-state index in [4.69, 9.17) is 0 Å². The molecule has 1 atom stereocenters. The minimum atomic E-state index is -0.499. The van der Waals surface area contributed by atoms with Gasteiger partial charge in [-0.25, -0.2) is 10.2 Å². The number of carbonyl (C=O) groups is 1. The molecule has 0 aliphatic heterocycles. The number of hydrogen-bond acceptors (Lipinski definition) is 3. The van der Waals surface area contributed by atoms with Crippen LogP contribution in [-0.4, -0.2) is 18.9 Å². The Morgan fingerprint density at radius 3 is 3.00 bits per heavy atom. The zero-order chi connectivity index (χ0) is 8.97. The number of nitrogens with zero attached hydrogens (tertiary/aromatic N) is 1. The molecule has 1 aliphatic rings. The monoisotopic (exact) mass is 170 g/mol. The van der Waals surface area contributed by atoms with Crippen LogP contribution in [0.2, 0.25) is 0 Å². The summed E-state index contributed by atoms with van der Waals surface area (Å²) >= 11 is 0. The second kappa shape index (κ2) is 4.09. The van der Waals surface area contributed by atoms with Gasteiger partial charge in [0.1, 0.15) is 0 Å². The van der Waals surface area contributed by atoms with Crippen molar-refractivity contribution >= 4 is 11.8 Å². The smallest absolute Gasteiger partial charge is 0.427 e. The van der Waals surface area contributed by atoms with Gasteiger partial charge in [-0.05, 0) is 25.2 Å². The molecule has 0 aromatic carbocycles. The zero-order valence-electron chi connectivity index (χ0n) is 7.46. The van der Waals surface area contributed by atoms with Crippen LogP contribution < -0.4 is 5.43 Å². The van der Waals surface area contributed by atoms with Gasteiger partial charge in [0, 0.05) is 5.71 Å². The first-order valence-corrected chi connectivity index (χ1v) is 4.14. The van der Waals surface area contributed by atoms with Crippen molar-refractivity contribution in [3.05, 3.63) is 0 Å². The van der Waals surface area contributed by atoms with E-state index < -0.39 is 6.09 Å². The van der Waals surface area contributed by atoms with Crippen molar-refractivity contribution in [1.29, 1.82) is 0 Å². The van der Waals surface area contributed by atoms with E-state index in [-0.39, 0.29) is 0 Å². The van der Waals surface area contributed by atoms with Crippen molar-refractivity contribution in [2.75, 3.05) is 7.11 Å². The first-order valence-electron chi connectivity index (χ1n) is 4.14. The van der Waals surface area contributed by atoms with Crippen LogP contribution in [0.1, 0.15) is 26.2 Å². The van der Waals surface area contributed by atoms with E-state index in [9.17, 15) is 4.79 Å². The van der Waals surface area contributed by atoms with Crippen LogP contribution in [0.4, 0.5) is 4.79 Å². The number of amides is 1. The van der Waals surface area contributed by atoms with Crippen LogP contribution in [0.15, 0.2) is 5.10 Å². The molecule has 68 valence electrons. The summed E-state index contributed by atoms with van der Waals surface area (Å²) in [5, 5.41) is 3.97. The first-order chi connectivity index (χ1) is 5.74. The van der Waals surface area contributed by atoms with Crippen molar-refractivity contribution in [3.8, 4) is 0 Å². The van der Waals surface area contributed by atoms with E-state index in [0.29, 0.717) is 5.92 Å². The predicted octanol–water partition coefficient (Wildman–Crippen LogP) is 1.52. The maximum absolute atomic E-state index is 10.6. The fourth-order valence-electron chi connectivity index (χ4n) is 1.33. The molecule has 1 aliphatic carbocycles. The first kappa shape index (κ1) is 9.03. The summed E-state index contributed by atoms with van der Waals surface area (Å²) in [6.07, 6.45) is 2.83. The third-order valence-corrected chi connectivity index (χ3v) is 2.12. The minimum absolute atomic E-state index is 0.499. The van der Waals surface area contributed by atoms with Crippen LogP contribution in [0.3, 0.4) is 0 Å². The van der Waals surface area contributed by atoms with Crippen molar-refractivity contribution in [1.82, 2.24) is 5.43 Å². The molecule has 1 fully saturated rings. The fourth-order valence-corrected chi connectivity index (χ4v) is 1.33. The average molecular weight is 170 g/mol. The molecule has 1 saturated carbocycles. The molecular weight excluding hydrogens is 156 g/mol. The summed E-state index contributed by atoms with van der Waals surface area (Å²) in [6.45, 7) is 2.12. The molecule has 0 spiro atoms. The van der Waals surface area contributed by atoms with Gasteiger partial charge in [0.05, 0.1) is 7.11 Å². The lowest BCUT2D eigenvalue weighted by molar-refractivity contribution is 0.171. The normalized spacial score (nSPS) is 25.8. The van der Waals surface area contributed by atoms with Gasteiger partial charge in [-0.3, -0.25) is 0 Å². The number of hydrazone groups is 1. The van der Waals surface area contributed by atoms with Gasteiger partial charge in [0.15, 0.2) is 0 Å². The number of hydrogen-bond donors (Lipinski definition) is 1. The Labute approximate surface area is 72.0 Å². The maximum atomic E-state index is 10.6. The highest BCUT2D eigenvalue weighted by atomic mass is 16.5. The topological polar surface area (TPSA) is 50.7 Å². The number of rotatable bonds is 1. The molecule has 1 rings (SSSR count). The second-order valence-corrected chi connectivity index (χ2v) is 3.00. The molecule has 0 heterocycles. The number of ether oxygens (including phenoxy) is 1. The van der Waals surface area contributed by atoms with Crippen molar-refractivity contribution in [2.45, 2.75) is 26.2 Å². The number of nitrogens with one attached hydrogen (secondary N) is 1. The summed E-state index contributed by atoms with van der Waals surface area (Å²) in [5.41, 5.74) is 3.40. The van der Waals surface area contributed by atoms with Gasteiger partial charge in [-0.1, -0.05) is 6.92 Å². The number of methoxy groups -OCH3 is 1. The molecule has 1 amide bonds. The standard InChI is InChI=1S/C8H14N2O2/c1-6-4-3-5-7(6)9-10-8(11)12-2/h6H,3-5H2,1-2H3,(H,10,11)/b9-7-. The van der Waals surface area contributed by atoms with Gasteiger partial charge < -0.3 is 4.74 Å². The Balaban J connectivity index is 2.40. The molecule has 0 saturated heterocycles. The summed E-state index contributed by atoms with van der Waals surface area (Å²) in [4.78, 5) is 10.6. The molecule has 0 aromatic rings. The SMILES string of the molecule is COC(=O)N/N=C1/CCCC1C. The molecule has 12 heavy (non-hydrogen) atoms. The maximum Gasteiger partial charge on any atom is 0.427 e. The Morgan fingerprint density at radius 2 is 2.50 bits per heavy atom. The molecule has 1 unspecified atom stereocenters. The van der Waals surface area contributed by atoms with E-state index in [1.165, 1.54) is 20.0 Å². The van der Waals surface area contributed by atoms with E-state index in [1.807, 2.05) is 0 Å². The second-order valence-electron chi connectivity index (χ2n) is 3.00. The van der Waals surface area contributed by atoms with Gasteiger partial charge in [0.2, 0.25) is 0 Å². The third-order valence-electron chi connectivity index (χ3n) is 2.12. The Morgan fingerprint density at radius 1 is 1.75 bits per heavy atom. The summed E-state index contributed by atoms with van der Waals surface area (Å²) in [6, 6.07) is 0. The zero-order valence-corrected chi connectivity index (χ0v) is 7.46. The van der Waals surface area contributed by atoms with Crippen LogP contribution in [0.5, 0.6) is 0 Å². The molecule has 4 heteroatoms. The lowest BCUT2D eigenvalue weighted by Crippen LogP contribution is -2.19. The van der Waals surface area contributed by atoms with Crippen LogP contribution >= 0.6 is 0 Å². The van der Waals surface area contributed by atoms with E-state index >= 15 is 0 Å². The van der Waals surface area contributed by atoms with Gasteiger partial charge in [0.25, 0.3) is 0 Å². The van der Waals surface area contributed by atoms with Crippen molar-refractivity contribution < 1.29 is 9.53 Å². The van der Waals surface area contributed by atoms with Crippen molar-refractivity contribution in [2.24, 2.45) is 11.0 Å². The van der Waals surface area contributed by atoms with Crippen LogP contribution in [-0.2, 0) is 4.74 Å². The quantitative estimate of drug-likeness (QED) is 0.606. The van der Waals surface area contributed by atoms with Gasteiger partial charge >= 0.3 is 6.09 Å². The average Bonchev–Trinajstić information content (AvgIpc) is 2.47. The Hall–Kier alpha value is -1.06. The van der Waals surface area contributed by atoms with Gasteiger partial charge in [-0.15, -0.1) is 0 Å². The van der Waals surface area contributed by atoms with E-state index in [0.717, 1.165) is 12.1 Å². The van der Waals surface area contributed by atoms with Crippen LogP contribution in [0.25, 0.3) is 0 Å². The van der Waals surface area contributed by atoms with E-state index in [2.05, 4.69) is 22.2 Å². The molecule has 0 bridgehead atoms. The summed E-state index contributed by atoms with van der Waals surface area (Å²) in [7, 11) is 1.33. The number of carbonyl (C=O) groups excluding carboxylic acids is 1. The van der Waals surface area contributed by atoms with E-state index in [1.54, 1.807) is 0 Å². The molecule has 0 radical (unpaired) electrons. The lowest BCUT2D eigenvalue weighted by atomic mass is 10.1. The highest BCUT2D eigenvalue weighted by molar-refractivity contribution is 5.88. The third kappa shape index (κ3) is 2.22. The fraction of sp³-hybridized carbons (Fsp3) is 0.750. The summed E-state index contributed by atoms with van der Waals surface area (Å²) in [5.74, 6) is 0.502. The molecule has 4 nitrogen and oxygen atoms in total. The van der Waals surface area contributed by atoms with Gasteiger partial charge in [-0.2, -0.15) is 5.10 Å². The lowest BCUT2D eigenvalue weighted by Gasteiger charge is -2.02. The minimum Gasteiger partial charge on any atom is -0.452 e. The van der Waals surface area contributed by atoms with Crippen molar-refractivity contribution in [3.63, 3.8) is 0 Å². The van der Waals surface area contributed by atoms with Crippen LogP contribution in [0, 0.1) is 5.92 Å². The molecule has 0 aromatic heterocycles. The molecule has 1 N–H and O–H groups in total. The highest BCUT2D eigenvalue weighted by Gasteiger charge is 2.17. The summed E-state index contributed by atoms with van der Waals surface area (Å²) < 4.78 is 4.39. The Kier molecular flexibility index (Phi) is 3.08. The highest BCUT2D eigenvalue weighted by Crippen LogP contribution is 2.21.